The molecule has 0 spiro atoms. The number of hydrogen-bond acceptors (Lipinski definition) is 0. The van der Waals surface area contributed by atoms with Gasteiger partial charge in [-0.2, -0.15) is 0 Å². The molecule has 0 radical (unpaired) electrons. The summed E-state index contributed by atoms with van der Waals surface area (Å²) in [6, 6.07) is 0. The second-order valence-corrected chi connectivity index (χ2v) is 4.42. The molecule has 0 aromatic carbocycles. The van der Waals surface area contributed by atoms with E-state index in [9.17, 15) is 0 Å². The van der Waals surface area contributed by atoms with Crippen molar-refractivity contribution < 1.29 is 0 Å². The lowest BCUT2D eigenvalue weighted by molar-refractivity contribution is 0.281. The molecule has 0 heteroatoms. The van der Waals surface area contributed by atoms with Crippen molar-refractivity contribution >= 4 is 0 Å². The lowest BCUT2D eigenvalue weighted by Crippen LogP contribution is -2.33. The Labute approximate surface area is 74.4 Å². The van der Waals surface area contributed by atoms with Crippen molar-refractivity contribution in [2.45, 2.75) is 38.5 Å². The maximum absolute atomic E-state index is 2.41. The molecular formula is C12H16. The van der Waals surface area contributed by atoms with E-state index in [-0.39, 0.29) is 0 Å². The summed E-state index contributed by atoms with van der Waals surface area (Å²) in [5.41, 5.74) is 3.58. The Morgan fingerprint density at radius 1 is 1.08 bits per heavy atom. The minimum absolute atomic E-state index is 0.991. The van der Waals surface area contributed by atoms with E-state index in [0.29, 0.717) is 0 Å². The molecule has 0 N–H and O–H groups in total. The summed E-state index contributed by atoms with van der Waals surface area (Å²) in [5, 5.41) is 0. The molecule has 2 unspecified atom stereocenters. The summed E-state index contributed by atoms with van der Waals surface area (Å²) < 4.78 is 0. The van der Waals surface area contributed by atoms with Gasteiger partial charge in [-0.1, -0.05) is 24.1 Å². The summed E-state index contributed by atoms with van der Waals surface area (Å²) in [6.07, 6.45) is 13.4. The van der Waals surface area contributed by atoms with Gasteiger partial charge < -0.3 is 0 Å². The Balaban J connectivity index is 1.96. The number of rotatable bonds is 0. The third-order valence-electron chi connectivity index (χ3n) is 3.86. The van der Waals surface area contributed by atoms with E-state index >= 15 is 0 Å². The van der Waals surface area contributed by atoms with Crippen molar-refractivity contribution in [2.24, 2.45) is 11.8 Å². The molecule has 0 aromatic rings. The first-order chi connectivity index (χ1) is 5.97. The molecule has 0 heterocycles. The van der Waals surface area contributed by atoms with Crippen molar-refractivity contribution in [1.29, 1.82) is 0 Å². The van der Waals surface area contributed by atoms with E-state index in [0.717, 1.165) is 11.8 Å². The van der Waals surface area contributed by atoms with Gasteiger partial charge in [-0.15, -0.1) is 0 Å². The Morgan fingerprint density at radius 2 is 2.08 bits per heavy atom. The molecule has 0 saturated heterocycles. The maximum atomic E-state index is 2.41. The second kappa shape index (κ2) is 2.48. The van der Waals surface area contributed by atoms with E-state index < -0.39 is 0 Å². The lowest BCUT2D eigenvalue weighted by atomic mass is 9.59. The zero-order valence-electron chi connectivity index (χ0n) is 7.55. The highest BCUT2D eigenvalue weighted by Gasteiger charge is 2.39. The average Bonchev–Trinajstić information content (AvgIpc) is 2.14. The quantitative estimate of drug-likeness (QED) is 0.509. The Kier molecular flexibility index (Phi) is 1.44. The molecule has 64 valence electrons. The summed E-state index contributed by atoms with van der Waals surface area (Å²) in [6.45, 7) is 0. The molecule has 0 nitrogen and oxygen atoms in total. The molecule has 0 aromatic heterocycles. The topological polar surface area (TPSA) is 0 Å². The molecule has 3 aliphatic rings. The van der Waals surface area contributed by atoms with Gasteiger partial charge in [0, 0.05) is 0 Å². The molecule has 12 heavy (non-hydrogen) atoms. The fraction of sp³-hybridized carbons (Fsp3) is 0.667. The summed E-state index contributed by atoms with van der Waals surface area (Å²) in [5.74, 6) is 2.02. The second-order valence-electron chi connectivity index (χ2n) is 4.42. The van der Waals surface area contributed by atoms with Crippen LogP contribution in [0.5, 0.6) is 0 Å². The van der Waals surface area contributed by atoms with Crippen molar-refractivity contribution in [3.63, 3.8) is 0 Å². The molecule has 1 fully saturated rings. The third-order valence-corrected chi connectivity index (χ3v) is 3.86. The Hall–Kier alpha value is -0.520. The highest BCUT2D eigenvalue weighted by atomic mass is 14.4. The highest BCUT2D eigenvalue weighted by molar-refractivity contribution is 5.42. The smallest absolute Gasteiger partial charge is 0.00936 e. The minimum Gasteiger partial charge on any atom is -0.0842 e. The molecule has 2 atom stereocenters. The van der Waals surface area contributed by atoms with Gasteiger partial charge >= 0.3 is 0 Å². The van der Waals surface area contributed by atoms with Gasteiger partial charge in [-0.05, 0) is 49.5 Å². The predicted octanol–water partition coefficient (Wildman–Crippen LogP) is 3.45. The third kappa shape index (κ3) is 0.784. The summed E-state index contributed by atoms with van der Waals surface area (Å²) in [7, 11) is 0. The van der Waals surface area contributed by atoms with Crippen LogP contribution in [0.25, 0.3) is 0 Å². The van der Waals surface area contributed by atoms with E-state index in [1.807, 2.05) is 5.57 Å². The van der Waals surface area contributed by atoms with E-state index in [4.69, 9.17) is 0 Å². The summed E-state index contributed by atoms with van der Waals surface area (Å²) >= 11 is 0. The minimum atomic E-state index is 0.991. The van der Waals surface area contributed by atoms with E-state index in [1.165, 1.54) is 38.5 Å². The van der Waals surface area contributed by atoms with Crippen LogP contribution in [0.3, 0.4) is 0 Å². The SMILES string of the molecule is C1=CC2=C3CCCCC3C2CC1. The van der Waals surface area contributed by atoms with Crippen molar-refractivity contribution in [3.8, 4) is 0 Å². The molecule has 3 rings (SSSR count). The lowest BCUT2D eigenvalue weighted by Gasteiger charge is -2.45. The molecule has 0 amide bonds. The van der Waals surface area contributed by atoms with E-state index in [1.54, 1.807) is 5.57 Å². The summed E-state index contributed by atoms with van der Waals surface area (Å²) in [4.78, 5) is 0. The Morgan fingerprint density at radius 3 is 3.08 bits per heavy atom. The van der Waals surface area contributed by atoms with Crippen LogP contribution < -0.4 is 0 Å². The van der Waals surface area contributed by atoms with Crippen LogP contribution in [-0.4, -0.2) is 0 Å². The standard InChI is InChI=1S/C12H16/c1-2-6-10-9(5-1)11-7-3-4-8-12(10)11/h1,5,10,12H,2-4,6-8H2. The monoisotopic (exact) mass is 160 g/mol. The zero-order valence-corrected chi connectivity index (χ0v) is 7.55. The van der Waals surface area contributed by atoms with Gasteiger partial charge in [0.05, 0.1) is 0 Å². The number of allylic oxidation sites excluding steroid dienone is 4. The van der Waals surface area contributed by atoms with Crippen molar-refractivity contribution in [1.82, 2.24) is 0 Å². The van der Waals surface area contributed by atoms with Crippen LogP contribution in [0.2, 0.25) is 0 Å². The van der Waals surface area contributed by atoms with Crippen LogP contribution in [0, 0.1) is 11.8 Å². The van der Waals surface area contributed by atoms with Crippen molar-refractivity contribution in [2.75, 3.05) is 0 Å². The average molecular weight is 160 g/mol. The zero-order chi connectivity index (χ0) is 7.97. The maximum Gasteiger partial charge on any atom is -0.00936 e. The number of fused-ring (bicyclic) bond motifs is 3. The fourth-order valence-electron chi connectivity index (χ4n) is 3.27. The van der Waals surface area contributed by atoms with Gasteiger partial charge in [0.2, 0.25) is 0 Å². The van der Waals surface area contributed by atoms with Gasteiger partial charge in [-0.3, -0.25) is 0 Å². The highest BCUT2D eigenvalue weighted by Crippen LogP contribution is 2.52. The normalized spacial score (nSPS) is 38.7. The van der Waals surface area contributed by atoms with Gasteiger partial charge in [-0.25, -0.2) is 0 Å². The number of hydrogen-bond donors (Lipinski definition) is 0. The fourth-order valence-corrected chi connectivity index (χ4v) is 3.27. The van der Waals surface area contributed by atoms with E-state index in [2.05, 4.69) is 12.2 Å². The first kappa shape index (κ1) is 6.94. The first-order valence-corrected chi connectivity index (χ1v) is 5.36. The molecule has 1 saturated carbocycles. The molecule has 0 aliphatic heterocycles. The molecular weight excluding hydrogens is 144 g/mol. The van der Waals surface area contributed by atoms with Crippen LogP contribution in [0.1, 0.15) is 38.5 Å². The van der Waals surface area contributed by atoms with Gasteiger partial charge in [0.25, 0.3) is 0 Å². The van der Waals surface area contributed by atoms with Crippen LogP contribution in [0.15, 0.2) is 23.3 Å². The van der Waals surface area contributed by atoms with Gasteiger partial charge in [0.15, 0.2) is 0 Å². The van der Waals surface area contributed by atoms with Crippen molar-refractivity contribution in [3.05, 3.63) is 23.3 Å². The van der Waals surface area contributed by atoms with Crippen LogP contribution >= 0.6 is 0 Å². The molecule has 3 aliphatic carbocycles. The van der Waals surface area contributed by atoms with Crippen LogP contribution in [-0.2, 0) is 0 Å². The van der Waals surface area contributed by atoms with Crippen LogP contribution in [0.4, 0.5) is 0 Å². The molecule has 0 bridgehead atoms. The first-order valence-electron chi connectivity index (χ1n) is 5.36. The van der Waals surface area contributed by atoms with Gasteiger partial charge in [0.1, 0.15) is 0 Å². The predicted molar refractivity (Wildman–Crippen MR) is 50.8 cm³/mol. The Bertz CT molecular complexity index is 257. The largest absolute Gasteiger partial charge is 0.0842 e.